The van der Waals surface area contributed by atoms with E-state index in [2.05, 4.69) is 0 Å². The van der Waals surface area contributed by atoms with Crippen LogP contribution in [0.4, 0.5) is 4.39 Å². The number of hydrogen-bond acceptors (Lipinski definition) is 4. The van der Waals surface area contributed by atoms with Crippen molar-refractivity contribution < 1.29 is 23.8 Å². The number of carbonyl (C=O) groups is 1. The number of ether oxygens (including phenoxy) is 2. The van der Waals surface area contributed by atoms with Crippen molar-refractivity contribution in [1.29, 1.82) is 0 Å². The highest BCUT2D eigenvalue weighted by molar-refractivity contribution is 5.94. The molecule has 1 fully saturated rings. The zero-order valence-electron chi connectivity index (χ0n) is 13.8. The molecule has 1 N–H and O–H groups in total. The van der Waals surface area contributed by atoms with Gasteiger partial charge in [0, 0.05) is 19.7 Å². The minimum Gasteiger partial charge on any atom is -0.494 e. The number of benzene rings is 1. The number of aliphatic hydroxyl groups excluding tert-OH is 1. The third-order valence-electron chi connectivity index (χ3n) is 4.53. The number of aliphatic hydroxyl groups is 1. The van der Waals surface area contributed by atoms with Gasteiger partial charge in [-0.3, -0.25) is 4.79 Å². The van der Waals surface area contributed by atoms with Gasteiger partial charge in [-0.25, -0.2) is 4.39 Å². The summed E-state index contributed by atoms with van der Waals surface area (Å²) in [5, 5.41) is 10.5. The maximum atomic E-state index is 13.8. The highest BCUT2D eigenvalue weighted by atomic mass is 19.1. The van der Waals surface area contributed by atoms with Crippen LogP contribution < -0.4 is 4.74 Å². The number of likely N-dealkylation sites (N-methyl/N-ethyl adjacent to an activating group) is 1. The van der Waals surface area contributed by atoms with Crippen molar-refractivity contribution in [3.8, 4) is 5.75 Å². The van der Waals surface area contributed by atoms with E-state index in [9.17, 15) is 14.3 Å². The first kappa shape index (κ1) is 17.7. The molecule has 128 valence electrons. The van der Waals surface area contributed by atoms with Crippen LogP contribution in [-0.4, -0.2) is 55.4 Å². The van der Waals surface area contributed by atoms with Crippen molar-refractivity contribution in [3.63, 3.8) is 0 Å². The Morgan fingerprint density at radius 3 is 2.61 bits per heavy atom. The molecule has 1 aromatic rings. The van der Waals surface area contributed by atoms with Crippen LogP contribution >= 0.6 is 0 Å². The highest BCUT2D eigenvalue weighted by Crippen LogP contribution is 2.26. The van der Waals surface area contributed by atoms with Gasteiger partial charge in [0.2, 0.25) is 0 Å². The van der Waals surface area contributed by atoms with E-state index in [-0.39, 0.29) is 29.4 Å². The molecule has 1 saturated carbocycles. The van der Waals surface area contributed by atoms with E-state index >= 15 is 0 Å². The number of halogens is 1. The molecule has 0 bridgehead atoms. The van der Waals surface area contributed by atoms with Gasteiger partial charge in [0.1, 0.15) is 6.10 Å². The Labute approximate surface area is 136 Å². The molecule has 1 aliphatic carbocycles. The van der Waals surface area contributed by atoms with Gasteiger partial charge in [0.25, 0.3) is 5.91 Å². The third kappa shape index (κ3) is 3.82. The molecule has 0 radical (unpaired) electrons. The van der Waals surface area contributed by atoms with Gasteiger partial charge in [-0.1, -0.05) is 12.8 Å². The van der Waals surface area contributed by atoms with Crippen LogP contribution in [0.15, 0.2) is 18.2 Å². The van der Waals surface area contributed by atoms with E-state index in [0.29, 0.717) is 6.42 Å². The second-order valence-electron chi connectivity index (χ2n) is 5.88. The van der Waals surface area contributed by atoms with Gasteiger partial charge in [-0.15, -0.1) is 0 Å². The number of hydrogen-bond donors (Lipinski definition) is 1. The van der Waals surface area contributed by atoms with Gasteiger partial charge in [0.05, 0.1) is 19.3 Å². The lowest BCUT2D eigenvalue weighted by Gasteiger charge is -2.33. The van der Waals surface area contributed by atoms with E-state index in [0.717, 1.165) is 25.3 Å². The van der Waals surface area contributed by atoms with Crippen molar-refractivity contribution in [2.24, 2.45) is 0 Å². The molecule has 1 amide bonds. The molecule has 0 aliphatic heterocycles. The van der Waals surface area contributed by atoms with Crippen molar-refractivity contribution in [2.45, 2.75) is 43.9 Å². The van der Waals surface area contributed by atoms with E-state index in [1.165, 1.54) is 24.1 Å². The third-order valence-corrected chi connectivity index (χ3v) is 4.53. The molecule has 1 aromatic carbocycles. The summed E-state index contributed by atoms with van der Waals surface area (Å²) in [7, 11) is 4.58. The average Bonchev–Trinajstić information content (AvgIpc) is 2.74. The normalized spacial score (nSPS) is 24.8. The molecule has 2 rings (SSSR count). The lowest BCUT2D eigenvalue weighted by molar-refractivity contribution is -0.0462. The number of carbonyl (C=O) groups excluding carboxylic acids is 1. The summed E-state index contributed by atoms with van der Waals surface area (Å²) in [6.45, 7) is 0. The van der Waals surface area contributed by atoms with Crippen molar-refractivity contribution >= 4 is 5.91 Å². The Balaban J connectivity index is 2.19. The molecule has 0 saturated heterocycles. The van der Waals surface area contributed by atoms with E-state index in [1.54, 1.807) is 14.2 Å². The number of nitrogens with zero attached hydrogens (tertiary/aromatic N) is 1. The zero-order valence-corrected chi connectivity index (χ0v) is 13.8. The predicted octanol–water partition coefficient (Wildman–Crippen LogP) is 2.22. The molecule has 0 aromatic heterocycles. The van der Waals surface area contributed by atoms with Crippen LogP contribution in [-0.2, 0) is 4.74 Å². The summed E-state index contributed by atoms with van der Waals surface area (Å²) < 4.78 is 24.0. The van der Waals surface area contributed by atoms with Crippen LogP contribution in [0.5, 0.6) is 5.75 Å². The second-order valence-corrected chi connectivity index (χ2v) is 5.88. The molecular weight excluding hydrogens is 301 g/mol. The maximum Gasteiger partial charge on any atom is 0.254 e. The molecule has 6 heteroatoms. The average molecular weight is 325 g/mol. The van der Waals surface area contributed by atoms with Gasteiger partial charge < -0.3 is 19.5 Å². The fraction of sp³-hybridized carbons (Fsp3) is 0.588. The lowest BCUT2D eigenvalue weighted by Crippen LogP contribution is -2.48. The fourth-order valence-electron chi connectivity index (χ4n) is 3.12. The van der Waals surface area contributed by atoms with E-state index in [1.807, 2.05) is 0 Å². The number of methoxy groups -OCH3 is 2. The van der Waals surface area contributed by atoms with Crippen molar-refractivity contribution in [1.82, 2.24) is 4.90 Å². The summed E-state index contributed by atoms with van der Waals surface area (Å²) in [5.74, 6) is -0.812. The quantitative estimate of drug-likeness (QED) is 0.863. The SMILES string of the molecule is COc1ccc(C(=O)N(C)[C@@H]2CCCC[C@@H](OC)[C@@H]2O)cc1F. The molecule has 3 atom stereocenters. The molecule has 23 heavy (non-hydrogen) atoms. The van der Waals surface area contributed by atoms with Crippen LogP contribution in [0.2, 0.25) is 0 Å². The molecule has 5 nitrogen and oxygen atoms in total. The Morgan fingerprint density at radius 2 is 2.00 bits per heavy atom. The van der Waals surface area contributed by atoms with Crippen LogP contribution in [0, 0.1) is 5.82 Å². The van der Waals surface area contributed by atoms with Crippen LogP contribution in [0.3, 0.4) is 0 Å². The summed E-state index contributed by atoms with van der Waals surface area (Å²) in [5.41, 5.74) is 0.233. The first-order chi connectivity index (χ1) is 11.0. The van der Waals surface area contributed by atoms with Gasteiger partial charge >= 0.3 is 0 Å². The molecule has 0 unspecified atom stereocenters. The molecule has 0 heterocycles. The second kappa shape index (κ2) is 7.75. The summed E-state index contributed by atoms with van der Waals surface area (Å²) >= 11 is 0. The molecule has 0 spiro atoms. The van der Waals surface area contributed by atoms with Crippen molar-refractivity contribution in [3.05, 3.63) is 29.6 Å². The first-order valence-electron chi connectivity index (χ1n) is 7.81. The Kier molecular flexibility index (Phi) is 5.96. The number of rotatable bonds is 4. The molecular formula is C17H24FNO4. The summed E-state index contributed by atoms with van der Waals surface area (Å²) in [6, 6.07) is 3.77. The molecule has 1 aliphatic rings. The number of amides is 1. The maximum absolute atomic E-state index is 13.8. The fourth-order valence-corrected chi connectivity index (χ4v) is 3.12. The monoisotopic (exact) mass is 325 g/mol. The van der Waals surface area contributed by atoms with Gasteiger partial charge in [-0.2, -0.15) is 0 Å². The first-order valence-corrected chi connectivity index (χ1v) is 7.81. The Bertz CT molecular complexity index is 551. The largest absolute Gasteiger partial charge is 0.494 e. The topological polar surface area (TPSA) is 59.0 Å². The van der Waals surface area contributed by atoms with E-state index < -0.39 is 11.9 Å². The minimum absolute atomic E-state index is 0.0955. The Hall–Kier alpha value is -1.66. The van der Waals surface area contributed by atoms with Crippen LogP contribution in [0.25, 0.3) is 0 Å². The van der Waals surface area contributed by atoms with Gasteiger partial charge in [0.15, 0.2) is 11.6 Å². The van der Waals surface area contributed by atoms with Crippen molar-refractivity contribution in [2.75, 3.05) is 21.3 Å². The summed E-state index contributed by atoms with van der Waals surface area (Å²) in [4.78, 5) is 14.1. The van der Waals surface area contributed by atoms with E-state index in [4.69, 9.17) is 9.47 Å². The highest BCUT2D eigenvalue weighted by Gasteiger charge is 2.34. The van der Waals surface area contributed by atoms with Gasteiger partial charge in [-0.05, 0) is 31.0 Å². The Morgan fingerprint density at radius 1 is 1.30 bits per heavy atom. The lowest BCUT2D eigenvalue weighted by atomic mass is 10.0. The zero-order chi connectivity index (χ0) is 17.0. The standard InChI is InChI=1S/C17H24FNO4/c1-19(13-6-4-5-7-15(23-3)16(13)20)17(21)11-8-9-14(22-2)12(18)10-11/h8-10,13,15-16,20H,4-7H2,1-3H3/t13-,15-,16-/m1/s1. The predicted molar refractivity (Wildman–Crippen MR) is 84.1 cm³/mol. The smallest absolute Gasteiger partial charge is 0.254 e. The van der Waals surface area contributed by atoms with Crippen LogP contribution in [0.1, 0.15) is 36.0 Å². The summed E-state index contributed by atoms with van der Waals surface area (Å²) in [6.07, 6.45) is 2.29. The minimum atomic E-state index is -0.750.